The lowest BCUT2D eigenvalue weighted by Gasteiger charge is -2.21. The first-order chi connectivity index (χ1) is 17.9. The Hall–Kier alpha value is -2.94. The number of hydrogen-bond donors (Lipinski definition) is 1. The molecule has 0 aliphatic rings. The molecule has 0 spiro atoms. The van der Waals surface area contributed by atoms with Gasteiger partial charge in [0.05, 0.1) is 18.9 Å². The van der Waals surface area contributed by atoms with Crippen LogP contribution in [0.15, 0.2) is 18.2 Å². The van der Waals surface area contributed by atoms with Crippen molar-refractivity contribution in [1.82, 2.24) is 5.32 Å². The molecule has 0 aromatic heterocycles. The Kier molecular flexibility index (Phi) is 14.6. The third kappa shape index (κ3) is 11.2. The second-order valence-corrected chi connectivity index (χ2v) is 9.95. The number of carbonyl (C=O) groups excluding carboxylic acids is 4. The highest BCUT2D eigenvalue weighted by atomic mass is 16.6. The van der Waals surface area contributed by atoms with Crippen LogP contribution in [-0.2, 0) is 35.1 Å². The van der Waals surface area contributed by atoms with E-state index in [0.29, 0.717) is 24.8 Å². The van der Waals surface area contributed by atoms with Crippen LogP contribution in [0, 0.1) is 17.8 Å². The summed E-state index contributed by atoms with van der Waals surface area (Å²) in [5.41, 5.74) is 0.657. The number of ether oxygens (including phenoxy) is 4. The van der Waals surface area contributed by atoms with E-state index < -0.39 is 30.1 Å². The van der Waals surface area contributed by atoms with Crippen molar-refractivity contribution in [2.45, 2.75) is 92.7 Å². The van der Waals surface area contributed by atoms with Crippen LogP contribution in [0.3, 0.4) is 0 Å². The second kappa shape index (κ2) is 16.8. The lowest BCUT2D eigenvalue weighted by atomic mass is 10.0. The summed E-state index contributed by atoms with van der Waals surface area (Å²) < 4.78 is 21.5. The molecule has 4 unspecified atom stereocenters. The largest absolute Gasteiger partial charge is 0.468 e. The van der Waals surface area contributed by atoms with Crippen molar-refractivity contribution in [3.63, 3.8) is 0 Å². The van der Waals surface area contributed by atoms with Crippen LogP contribution in [0.5, 0.6) is 11.5 Å². The molecule has 0 saturated carbocycles. The van der Waals surface area contributed by atoms with E-state index in [1.807, 2.05) is 27.7 Å². The quantitative estimate of drug-likeness (QED) is 0.239. The maximum absolute atomic E-state index is 12.5. The van der Waals surface area contributed by atoms with Crippen molar-refractivity contribution in [3.05, 3.63) is 23.8 Å². The molecule has 0 aliphatic carbocycles. The molecule has 214 valence electrons. The topological polar surface area (TPSA) is 117 Å². The Labute approximate surface area is 226 Å². The first kappa shape index (κ1) is 33.1. The minimum atomic E-state index is -0.748. The van der Waals surface area contributed by atoms with Gasteiger partial charge in [0, 0.05) is 13.0 Å². The van der Waals surface area contributed by atoms with Crippen LogP contribution in [0.25, 0.3) is 0 Å². The van der Waals surface area contributed by atoms with Gasteiger partial charge in [-0.15, -0.1) is 0 Å². The average Bonchev–Trinajstić information content (AvgIpc) is 2.90. The Bertz CT molecular complexity index is 931. The predicted octanol–water partition coefficient (Wildman–Crippen LogP) is 4.63. The first-order valence-electron chi connectivity index (χ1n) is 13.5. The fourth-order valence-corrected chi connectivity index (χ4v) is 3.26. The third-order valence-corrected chi connectivity index (χ3v) is 6.58. The molecule has 5 atom stereocenters. The molecule has 9 heteroatoms. The van der Waals surface area contributed by atoms with Gasteiger partial charge in [0.2, 0.25) is 0 Å². The SMILES string of the molecule is CCC(C)CC(=O)OC(C)CN[C@@H](Cc1ccc(OC(=O)C(C)CC)c(OC(=O)C(C)CC)c1)C(=O)OC. The lowest BCUT2D eigenvalue weighted by Crippen LogP contribution is -2.43. The molecule has 38 heavy (non-hydrogen) atoms. The predicted molar refractivity (Wildman–Crippen MR) is 144 cm³/mol. The van der Waals surface area contributed by atoms with Gasteiger partial charge in [0.15, 0.2) is 11.5 Å². The standard InChI is InChI=1S/C29H45NO8/c1-9-18(4)14-26(31)36-21(7)17-30-23(29(34)35-8)15-22-12-13-24(37-27(32)19(5)10-2)25(16-22)38-28(33)20(6)11-3/h12-13,16,18-21,23,30H,9-11,14-15,17H2,1-8H3/t18?,19?,20?,21?,23-/m0/s1. The Morgan fingerprint density at radius 2 is 1.39 bits per heavy atom. The zero-order chi connectivity index (χ0) is 28.8. The molecule has 9 nitrogen and oxygen atoms in total. The molecular formula is C29H45NO8. The Morgan fingerprint density at radius 3 is 1.92 bits per heavy atom. The number of methoxy groups -OCH3 is 1. The summed E-state index contributed by atoms with van der Waals surface area (Å²) in [6.07, 6.45) is 2.18. The van der Waals surface area contributed by atoms with Gasteiger partial charge in [-0.25, -0.2) is 0 Å². The highest BCUT2D eigenvalue weighted by molar-refractivity contribution is 5.79. The minimum absolute atomic E-state index is 0.111. The molecule has 0 aliphatic heterocycles. The smallest absolute Gasteiger partial charge is 0.323 e. The maximum Gasteiger partial charge on any atom is 0.323 e. The second-order valence-electron chi connectivity index (χ2n) is 9.95. The highest BCUT2D eigenvalue weighted by Gasteiger charge is 2.24. The van der Waals surface area contributed by atoms with Gasteiger partial charge in [-0.3, -0.25) is 19.2 Å². The van der Waals surface area contributed by atoms with Gasteiger partial charge in [-0.05, 0) is 49.8 Å². The van der Waals surface area contributed by atoms with Crippen LogP contribution in [-0.4, -0.2) is 49.7 Å². The molecule has 0 radical (unpaired) electrons. The number of carbonyl (C=O) groups is 4. The van der Waals surface area contributed by atoms with E-state index in [9.17, 15) is 19.2 Å². The van der Waals surface area contributed by atoms with Crippen molar-refractivity contribution >= 4 is 23.9 Å². The van der Waals surface area contributed by atoms with E-state index in [2.05, 4.69) is 5.32 Å². The molecule has 1 aromatic carbocycles. The Morgan fingerprint density at radius 1 is 0.816 bits per heavy atom. The molecule has 1 aromatic rings. The van der Waals surface area contributed by atoms with Gasteiger partial charge < -0.3 is 24.3 Å². The fraction of sp³-hybridized carbons (Fsp3) is 0.655. The summed E-state index contributed by atoms with van der Waals surface area (Å²) in [5.74, 6) is -1.81. The monoisotopic (exact) mass is 535 g/mol. The molecular weight excluding hydrogens is 490 g/mol. The van der Waals surface area contributed by atoms with E-state index in [4.69, 9.17) is 18.9 Å². The lowest BCUT2D eigenvalue weighted by molar-refractivity contribution is -0.149. The van der Waals surface area contributed by atoms with E-state index >= 15 is 0 Å². The molecule has 0 heterocycles. The summed E-state index contributed by atoms with van der Waals surface area (Å²) in [7, 11) is 1.30. The van der Waals surface area contributed by atoms with Gasteiger partial charge in [-0.1, -0.05) is 54.0 Å². The minimum Gasteiger partial charge on any atom is -0.468 e. The van der Waals surface area contributed by atoms with Crippen molar-refractivity contribution < 1.29 is 38.1 Å². The summed E-state index contributed by atoms with van der Waals surface area (Å²) in [5, 5.41) is 3.10. The first-order valence-corrected chi connectivity index (χ1v) is 13.5. The van der Waals surface area contributed by atoms with E-state index in [1.165, 1.54) is 7.11 Å². The molecule has 1 rings (SSSR count). The van der Waals surface area contributed by atoms with Crippen LogP contribution in [0.4, 0.5) is 0 Å². The number of rotatable bonds is 16. The van der Waals surface area contributed by atoms with Gasteiger partial charge in [0.25, 0.3) is 0 Å². The van der Waals surface area contributed by atoms with Gasteiger partial charge >= 0.3 is 23.9 Å². The van der Waals surface area contributed by atoms with E-state index in [0.717, 1.165) is 6.42 Å². The fourth-order valence-electron chi connectivity index (χ4n) is 3.26. The zero-order valence-electron chi connectivity index (χ0n) is 24.1. The summed E-state index contributed by atoms with van der Waals surface area (Å²) in [6, 6.07) is 4.10. The maximum atomic E-state index is 12.5. The van der Waals surface area contributed by atoms with Crippen molar-refractivity contribution in [2.24, 2.45) is 17.8 Å². The van der Waals surface area contributed by atoms with Crippen LogP contribution >= 0.6 is 0 Å². The summed E-state index contributed by atoms with van der Waals surface area (Å²) >= 11 is 0. The number of esters is 4. The van der Waals surface area contributed by atoms with Crippen molar-refractivity contribution in [1.29, 1.82) is 0 Å². The average molecular weight is 536 g/mol. The van der Waals surface area contributed by atoms with Crippen LogP contribution in [0.1, 0.15) is 79.7 Å². The highest BCUT2D eigenvalue weighted by Crippen LogP contribution is 2.31. The molecule has 1 N–H and O–H groups in total. The molecule has 0 saturated heterocycles. The normalized spacial score (nSPS) is 14.9. The third-order valence-electron chi connectivity index (χ3n) is 6.58. The summed E-state index contributed by atoms with van der Waals surface area (Å²) in [4.78, 5) is 49.5. The van der Waals surface area contributed by atoms with E-state index in [-0.39, 0.29) is 48.2 Å². The van der Waals surface area contributed by atoms with Crippen LogP contribution < -0.4 is 14.8 Å². The number of nitrogens with one attached hydrogen (secondary N) is 1. The number of hydrogen-bond acceptors (Lipinski definition) is 9. The molecule has 0 bridgehead atoms. The number of benzene rings is 1. The zero-order valence-corrected chi connectivity index (χ0v) is 24.1. The van der Waals surface area contributed by atoms with Gasteiger partial charge in [0.1, 0.15) is 12.1 Å². The van der Waals surface area contributed by atoms with E-state index in [1.54, 1.807) is 39.0 Å². The van der Waals surface area contributed by atoms with Crippen molar-refractivity contribution in [3.8, 4) is 11.5 Å². The van der Waals surface area contributed by atoms with Crippen molar-refractivity contribution in [2.75, 3.05) is 13.7 Å². The Balaban J connectivity index is 3.06. The van der Waals surface area contributed by atoms with Gasteiger partial charge in [-0.2, -0.15) is 0 Å². The molecule has 0 amide bonds. The summed E-state index contributed by atoms with van der Waals surface area (Å²) in [6.45, 7) is 13.3. The molecule has 0 fully saturated rings. The van der Waals surface area contributed by atoms with Crippen LogP contribution in [0.2, 0.25) is 0 Å².